The molecule has 0 heterocycles. The lowest BCUT2D eigenvalue weighted by Crippen LogP contribution is -2.21. The summed E-state index contributed by atoms with van der Waals surface area (Å²) in [5, 5.41) is 17.6. The number of phenolic OH excluding ortho intramolecular Hbond substituents is 1. The number of nitrogens with two attached hydrogens (primary N) is 1. The summed E-state index contributed by atoms with van der Waals surface area (Å²) in [4.78, 5) is 10.5. The van der Waals surface area contributed by atoms with Crippen molar-refractivity contribution in [3.8, 4) is 5.75 Å². The number of hydrogen-bond acceptors (Lipinski definition) is 3. The van der Waals surface area contributed by atoms with Crippen LogP contribution in [0.5, 0.6) is 5.75 Å². The first-order valence-corrected chi connectivity index (χ1v) is 3.91. The molecule has 0 aliphatic heterocycles. The number of carboxylic acid groups (broad SMARTS) is 1. The molecule has 0 bridgehead atoms. The smallest absolute Gasteiger partial charge is 0.325 e. The molecule has 0 fully saturated rings. The minimum atomic E-state index is -1.27. The predicted molar refractivity (Wildman–Crippen MR) is 47.4 cm³/mol. The second kappa shape index (κ2) is 3.63. The van der Waals surface area contributed by atoms with Crippen LogP contribution in [-0.4, -0.2) is 16.2 Å². The minimum Gasteiger partial charge on any atom is -0.505 e. The summed E-state index contributed by atoms with van der Waals surface area (Å²) in [7, 11) is 0. The third-order valence-corrected chi connectivity index (χ3v) is 1.94. The number of aromatic hydroxyl groups is 1. The summed E-state index contributed by atoms with van der Waals surface area (Å²) < 4.78 is 12.9. The van der Waals surface area contributed by atoms with Gasteiger partial charge in [-0.3, -0.25) is 4.79 Å². The van der Waals surface area contributed by atoms with Crippen LogP contribution in [0.4, 0.5) is 4.39 Å². The number of carbonyl (C=O) groups is 1. The Labute approximate surface area is 79.8 Å². The van der Waals surface area contributed by atoms with Crippen LogP contribution in [-0.2, 0) is 4.79 Å². The second-order valence-corrected chi connectivity index (χ2v) is 2.98. The highest BCUT2D eigenvalue weighted by molar-refractivity contribution is 5.75. The second-order valence-electron chi connectivity index (χ2n) is 2.98. The molecule has 0 aliphatic rings. The predicted octanol–water partition coefficient (Wildman–Crippen LogP) is 0.924. The number of benzene rings is 1. The first-order chi connectivity index (χ1) is 6.43. The molecule has 0 saturated heterocycles. The Morgan fingerprint density at radius 2 is 2.14 bits per heavy atom. The average molecular weight is 199 g/mol. The van der Waals surface area contributed by atoms with Gasteiger partial charge in [-0.15, -0.1) is 0 Å². The highest BCUT2D eigenvalue weighted by Crippen LogP contribution is 2.24. The van der Waals surface area contributed by atoms with Crippen molar-refractivity contribution in [3.05, 3.63) is 29.1 Å². The molecule has 1 unspecified atom stereocenters. The fraction of sp³-hybridized carbons (Fsp3) is 0.222. The molecule has 0 saturated carbocycles. The first kappa shape index (κ1) is 10.5. The highest BCUT2D eigenvalue weighted by Gasteiger charge is 2.18. The SMILES string of the molecule is Cc1cc(O)c(F)cc1C(N)C(=O)O. The molecule has 0 spiro atoms. The number of hydrogen-bond donors (Lipinski definition) is 3. The third kappa shape index (κ3) is 1.82. The van der Waals surface area contributed by atoms with Crippen LogP contribution < -0.4 is 5.73 Å². The molecule has 5 heteroatoms. The first-order valence-electron chi connectivity index (χ1n) is 3.91. The van der Waals surface area contributed by atoms with E-state index in [0.717, 1.165) is 12.1 Å². The Balaban J connectivity index is 3.22. The summed E-state index contributed by atoms with van der Waals surface area (Å²) in [6.45, 7) is 1.55. The van der Waals surface area contributed by atoms with Gasteiger partial charge in [0.25, 0.3) is 0 Å². The number of halogens is 1. The van der Waals surface area contributed by atoms with E-state index in [1.807, 2.05) is 0 Å². The third-order valence-electron chi connectivity index (χ3n) is 1.94. The minimum absolute atomic E-state index is 0.160. The molecule has 1 atom stereocenters. The molecular formula is C9H10FNO3. The van der Waals surface area contributed by atoms with Gasteiger partial charge in [0.2, 0.25) is 0 Å². The van der Waals surface area contributed by atoms with Gasteiger partial charge in [0.05, 0.1) is 0 Å². The van der Waals surface area contributed by atoms with E-state index in [1.165, 1.54) is 0 Å². The van der Waals surface area contributed by atoms with Crippen molar-refractivity contribution in [2.45, 2.75) is 13.0 Å². The van der Waals surface area contributed by atoms with Crippen molar-refractivity contribution in [1.29, 1.82) is 0 Å². The van der Waals surface area contributed by atoms with Crippen LogP contribution in [0.15, 0.2) is 12.1 Å². The fourth-order valence-electron chi connectivity index (χ4n) is 1.15. The Bertz CT molecular complexity index is 379. The average Bonchev–Trinajstić information content (AvgIpc) is 2.10. The number of phenols is 1. The van der Waals surface area contributed by atoms with E-state index in [4.69, 9.17) is 15.9 Å². The van der Waals surface area contributed by atoms with Gasteiger partial charge in [-0.25, -0.2) is 4.39 Å². The van der Waals surface area contributed by atoms with Gasteiger partial charge in [0, 0.05) is 0 Å². The van der Waals surface area contributed by atoms with Crippen molar-refractivity contribution in [2.75, 3.05) is 0 Å². The number of aryl methyl sites for hydroxylation is 1. The highest BCUT2D eigenvalue weighted by atomic mass is 19.1. The lowest BCUT2D eigenvalue weighted by Gasteiger charge is -2.10. The van der Waals surface area contributed by atoms with Gasteiger partial charge < -0.3 is 15.9 Å². The van der Waals surface area contributed by atoms with Crippen LogP contribution in [0.2, 0.25) is 0 Å². The molecule has 14 heavy (non-hydrogen) atoms. The Morgan fingerprint density at radius 1 is 1.57 bits per heavy atom. The zero-order chi connectivity index (χ0) is 10.9. The van der Waals surface area contributed by atoms with Crippen molar-refractivity contribution < 1.29 is 19.4 Å². The normalized spacial score (nSPS) is 12.5. The summed E-state index contributed by atoms with van der Waals surface area (Å²) in [6.07, 6.45) is 0. The van der Waals surface area contributed by atoms with E-state index in [9.17, 15) is 9.18 Å². The molecule has 76 valence electrons. The molecule has 1 aromatic rings. The number of carboxylic acids is 1. The van der Waals surface area contributed by atoms with Crippen LogP contribution in [0.3, 0.4) is 0 Å². The van der Waals surface area contributed by atoms with Crippen molar-refractivity contribution in [2.24, 2.45) is 5.73 Å². The molecular weight excluding hydrogens is 189 g/mol. The molecule has 0 aromatic heterocycles. The molecule has 1 aromatic carbocycles. The van der Waals surface area contributed by atoms with Gasteiger partial charge in [-0.1, -0.05) is 0 Å². The number of aliphatic carboxylic acids is 1. The quantitative estimate of drug-likeness (QED) is 0.661. The van der Waals surface area contributed by atoms with E-state index in [0.29, 0.717) is 5.56 Å². The van der Waals surface area contributed by atoms with E-state index >= 15 is 0 Å². The maximum absolute atomic E-state index is 12.9. The van der Waals surface area contributed by atoms with Gasteiger partial charge in [0.15, 0.2) is 11.6 Å². The van der Waals surface area contributed by atoms with Gasteiger partial charge >= 0.3 is 5.97 Å². The van der Waals surface area contributed by atoms with E-state index in [2.05, 4.69) is 0 Å². The lowest BCUT2D eigenvalue weighted by molar-refractivity contribution is -0.138. The monoisotopic (exact) mass is 199 g/mol. The van der Waals surface area contributed by atoms with E-state index < -0.39 is 23.6 Å². The Morgan fingerprint density at radius 3 is 2.64 bits per heavy atom. The number of rotatable bonds is 2. The lowest BCUT2D eigenvalue weighted by atomic mass is 10.0. The fourth-order valence-corrected chi connectivity index (χ4v) is 1.15. The summed E-state index contributed by atoms with van der Waals surface area (Å²) >= 11 is 0. The molecule has 4 nitrogen and oxygen atoms in total. The Kier molecular flexibility index (Phi) is 2.71. The van der Waals surface area contributed by atoms with Crippen LogP contribution in [0, 0.1) is 12.7 Å². The molecule has 0 radical (unpaired) electrons. The van der Waals surface area contributed by atoms with Gasteiger partial charge in [-0.2, -0.15) is 0 Å². The summed E-state index contributed by atoms with van der Waals surface area (Å²) in [5.74, 6) is -2.62. The Hall–Kier alpha value is -1.62. The molecule has 0 aliphatic carbocycles. The molecule has 4 N–H and O–H groups in total. The largest absolute Gasteiger partial charge is 0.505 e. The van der Waals surface area contributed by atoms with Crippen LogP contribution >= 0.6 is 0 Å². The van der Waals surface area contributed by atoms with E-state index in [-0.39, 0.29) is 5.56 Å². The molecule has 0 amide bonds. The maximum atomic E-state index is 12.9. The zero-order valence-electron chi connectivity index (χ0n) is 7.49. The van der Waals surface area contributed by atoms with Gasteiger partial charge in [-0.05, 0) is 30.2 Å². The van der Waals surface area contributed by atoms with Crippen molar-refractivity contribution in [3.63, 3.8) is 0 Å². The topological polar surface area (TPSA) is 83.5 Å². The molecule has 1 rings (SSSR count). The van der Waals surface area contributed by atoms with Gasteiger partial charge in [0.1, 0.15) is 6.04 Å². The van der Waals surface area contributed by atoms with Crippen molar-refractivity contribution >= 4 is 5.97 Å². The zero-order valence-corrected chi connectivity index (χ0v) is 7.49. The van der Waals surface area contributed by atoms with Crippen LogP contribution in [0.1, 0.15) is 17.2 Å². The standard InChI is InChI=1S/C9H10FNO3/c1-4-2-7(12)6(10)3-5(4)8(11)9(13)14/h2-3,8,12H,11H2,1H3,(H,13,14). The maximum Gasteiger partial charge on any atom is 0.325 e. The summed E-state index contributed by atoms with van der Waals surface area (Å²) in [5.41, 5.74) is 5.91. The van der Waals surface area contributed by atoms with E-state index in [1.54, 1.807) is 6.92 Å². The summed E-state index contributed by atoms with van der Waals surface area (Å²) in [6, 6.07) is 0.807. The van der Waals surface area contributed by atoms with Crippen molar-refractivity contribution in [1.82, 2.24) is 0 Å². The van der Waals surface area contributed by atoms with Crippen LogP contribution in [0.25, 0.3) is 0 Å².